The molecule has 1 aromatic carbocycles. The third-order valence-electron chi connectivity index (χ3n) is 4.96. The lowest BCUT2D eigenvalue weighted by molar-refractivity contribution is 0.0579. The number of urea groups is 1. The van der Waals surface area contributed by atoms with Gasteiger partial charge in [0, 0.05) is 29.8 Å². The van der Waals surface area contributed by atoms with Crippen molar-refractivity contribution in [1.82, 2.24) is 9.80 Å². The second-order valence-corrected chi connectivity index (χ2v) is 7.02. The molecule has 0 unspecified atom stereocenters. The molecule has 2 aliphatic rings. The standard InChI is InChI=1S/C17H24ClN3O/c1-12-5-6-14(10-15(12)18)19-17(22)21-8-3-4-13-11-20(2)9-7-16(13)21/h5-6,10,13,16H,3-4,7-9,11H2,1-2H3,(H,19,22)/t13-,16+/m0/s1. The number of anilines is 1. The maximum Gasteiger partial charge on any atom is 0.322 e. The number of benzene rings is 1. The SMILES string of the molecule is Cc1ccc(NC(=O)N2CCC[C@H]3CN(C)CC[C@H]32)cc1Cl. The topological polar surface area (TPSA) is 35.6 Å². The van der Waals surface area contributed by atoms with Crippen LogP contribution >= 0.6 is 11.6 Å². The van der Waals surface area contributed by atoms with Gasteiger partial charge in [-0.15, -0.1) is 0 Å². The lowest BCUT2D eigenvalue weighted by Gasteiger charge is -2.46. The highest BCUT2D eigenvalue weighted by Gasteiger charge is 2.37. The molecular formula is C17H24ClN3O. The van der Waals surface area contributed by atoms with Gasteiger partial charge in [-0.25, -0.2) is 4.79 Å². The van der Waals surface area contributed by atoms with E-state index in [2.05, 4.69) is 17.3 Å². The summed E-state index contributed by atoms with van der Waals surface area (Å²) in [5.41, 5.74) is 1.80. The monoisotopic (exact) mass is 321 g/mol. The van der Waals surface area contributed by atoms with Crippen LogP contribution in [0.1, 0.15) is 24.8 Å². The largest absolute Gasteiger partial charge is 0.322 e. The Morgan fingerprint density at radius 3 is 2.91 bits per heavy atom. The van der Waals surface area contributed by atoms with Crippen molar-refractivity contribution < 1.29 is 4.79 Å². The van der Waals surface area contributed by atoms with E-state index in [9.17, 15) is 4.79 Å². The number of nitrogens with zero attached hydrogens (tertiary/aromatic N) is 2. The fourth-order valence-corrected chi connectivity index (χ4v) is 3.88. The van der Waals surface area contributed by atoms with E-state index in [0.717, 1.165) is 43.7 Å². The van der Waals surface area contributed by atoms with Gasteiger partial charge in [0.15, 0.2) is 0 Å². The number of piperidine rings is 2. The molecule has 120 valence electrons. The zero-order valence-corrected chi connectivity index (χ0v) is 14.1. The van der Waals surface area contributed by atoms with E-state index in [-0.39, 0.29) is 6.03 Å². The third-order valence-corrected chi connectivity index (χ3v) is 5.36. The van der Waals surface area contributed by atoms with Crippen LogP contribution in [0.15, 0.2) is 18.2 Å². The van der Waals surface area contributed by atoms with Crippen LogP contribution in [0.4, 0.5) is 10.5 Å². The average Bonchev–Trinajstić information content (AvgIpc) is 2.50. The maximum atomic E-state index is 12.7. The van der Waals surface area contributed by atoms with Crippen LogP contribution in [0.5, 0.6) is 0 Å². The van der Waals surface area contributed by atoms with E-state index in [1.165, 1.54) is 6.42 Å². The van der Waals surface area contributed by atoms with E-state index in [0.29, 0.717) is 17.0 Å². The molecule has 0 radical (unpaired) electrons. The van der Waals surface area contributed by atoms with Gasteiger partial charge in [-0.05, 0) is 63.4 Å². The second kappa shape index (κ2) is 6.47. The minimum absolute atomic E-state index is 0.0131. The van der Waals surface area contributed by atoms with Crippen molar-refractivity contribution in [2.45, 2.75) is 32.2 Å². The number of likely N-dealkylation sites (tertiary alicyclic amines) is 2. The molecule has 2 saturated heterocycles. The first kappa shape index (κ1) is 15.6. The van der Waals surface area contributed by atoms with Gasteiger partial charge < -0.3 is 15.1 Å². The van der Waals surface area contributed by atoms with Crippen LogP contribution in [0.25, 0.3) is 0 Å². The first-order valence-electron chi connectivity index (χ1n) is 8.07. The number of carbonyl (C=O) groups excluding carboxylic acids is 1. The minimum Gasteiger partial charge on any atom is -0.321 e. The fraction of sp³-hybridized carbons (Fsp3) is 0.588. The molecule has 0 saturated carbocycles. The predicted molar refractivity (Wildman–Crippen MR) is 90.5 cm³/mol. The van der Waals surface area contributed by atoms with E-state index < -0.39 is 0 Å². The van der Waals surface area contributed by atoms with Gasteiger partial charge in [0.1, 0.15) is 0 Å². The Balaban J connectivity index is 1.69. The molecule has 5 heteroatoms. The van der Waals surface area contributed by atoms with Gasteiger partial charge in [0.2, 0.25) is 0 Å². The van der Waals surface area contributed by atoms with Crippen molar-refractivity contribution in [2.75, 3.05) is 32.0 Å². The number of nitrogens with one attached hydrogen (secondary N) is 1. The smallest absolute Gasteiger partial charge is 0.321 e. The molecule has 0 aliphatic carbocycles. The molecule has 4 nitrogen and oxygen atoms in total. The summed E-state index contributed by atoms with van der Waals surface area (Å²) in [7, 11) is 2.17. The first-order chi connectivity index (χ1) is 10.5. The lowest BCUT2D eigenvalue weighted by Crippen LogP contribution is -2.56. The third kappa shape index (κ3) is 3.23. The Bertz CT molecular complexity index is 563. The molecule has 1 aromatic rings. The summed E-state index contributed by atoms with van der Waals surface area (Å²) in [6.07, 6.45) is 3.40. The number of carbonyl (C=O) groups is 1. The van der Waals surface area contributed by atoms with Crippen LogP contribution < -0.4 is 5.32 Å². The van der Waals surface area contributed by atoms with E-state index >= 15 is 0 Å². The summed E-state index contributed by atoms with van der Waals surface area (Å²) >= 11 is 6.14. The molecule has 1 N–H and O–H groups in total. The molecule has 2 atom stereocenters. The van der Waals surface area contributed by atoms with Gasteiger partial charge in [0.25, 0.3) is 0 Å². The summed E-state index contributed by atoms with van der Waals surface area (Å²) < 4.78 is 0. The minimum atomic E-state index is 0.0131. The number of hydrogen-bond acceptors (Lipinski definition) is 2. The molecule has 3 rings (SSSR count). The van der Waals surface area contributed by atoms with Gasteiger partial charge in [-0.3, -0.25) is 0 Å². The Morgan fingerprint density at radius 2 is 2.14 bits per heavy atom. The Kier molecular flexibility index (Phi) is 4.59. The second-order valence-electron chi connectivity index (χ2n) is 6.61. The van der Waals surface area contributed by atoms with Crippen LogP contribution in [-0.4, -0.2) is 48.6 Å². The first-order valence-corrected chi connectivity index (χ1v) is 8.44. The maximum absolute atomic E-state index is 12.7. The number of halogens is 1. The summed E-state index contributed by atoms with van der Waals surface area (Å²) in [6.45, 7) is 4.99. The van der Waals surface area contributed by atoms with Gasteiger partial charge in [-0.1, -0.05) is 17.7 Å². The highest BCUT2D eigenvalue weighted by Crippen LogP contribution is 2.30. The molecule has 22 heavy (non-hydrogen) atoms. The van der Waals surface area contributed by atoms with Crippen molar-refractivity contribution in [3.63, 3.8) is 0 Å². The Hall–Kier alpha value is -1.26. The summed E-state index contributed by atoms with van der Waals surface area (Å²) in [5, 5.41) is 3.70. The average molecular weight is 322 g/mol. The van der Waals surface area contributed by atoms with Crippen LogP contribution in [0.3, 0.4) is 0 Å². The molecule has 2 fully saturated rings. The number of amides is 2. The molecular weight excluding hydrogens is 298 g/mol. The molecule has 2 aliphatic heterocycles. The molecule has 0 bridgehead atoms. The zero-order valence-electron chi connectivity index (χ0n) is 13.3. The highest BCUT2D eigenvalue weighted by molar-refractivity contribution is 6.31. The molecule has 0 spiro atoms. The van der Waals surface area contributed by atoms with Crippen LogP contribution in [0.2, 0.25) is 5.02 Å². The van der Waals surface area contributed by atoms with Gasteiger partial charge in [0.05, 0.1) is 0 Å². The number of aryl methyl sites for hydroxylation is 1. The molecule has 2 amide bonds. The number of fused-ring (bicyclic) bond motifs is 1. The number of rotatable bonds is 1. The number of hydrogen-bond donors (Lipinski definition) is 1. The lowest BCUT2D eigenvalue weighted by atomic mass is 9.84. The summed E-state index contributed by atoms with van der Waals surface area (Å²) in [4.78, 5) is 17.1. The Labute approximate surface area is 137 Å². The predicted octanol–water partition coefficient (Wildman–Crippen LogP) is 3.60. The van der Waals surface area contributed by atoms with Gasteiger partial charge >= 0.3 is 6.03 Å². The Morgan fingerprint density at radius 1 is 1.32 bits per heavy atom. The zero-order chi connectivity index (χ0) is 15.7. The normalized spacial score (nSPS) is 25.7. The molecule has 2 heterocycles. The summed E-state index contributed by atoms with van der Waals surface area (Å²) in [6, 6.07) is 6.07. The fourth-order valence-electron chi connectivity index (χ4n) is 3.70. The van der Waals surface area contributed by atoms with E-state index in [4.69, 9.17) is 11.6 Å². The van der Waals surface area contributed by atoms with Crippen molar-refractivity contribution in [3.05, 3.63) is 28.8 Å². The van der Waals surface area contributed by atoms with E-state index in [1.807, 2.05) is 30.0 Å². The highest BCUT2D eigenvalue weighted by atomic mass is 35.5. The van der Waals surface area contributed by atoms with Crippen LogP contribution in [0, 0.1) is 12.8 Å². The summed E-state index contributed by atoms with van der Waals surface area (Å²) in [5.74, 6) is 0.611. The van der Waals surface area contributed by atoms with E-state index in [1.54, 1.807) is 0 Å². The van der Waals surface area contributed by atoms with Crippen molar-refractivity contribution in [3.8, 4) is 0 Å². The van der Waals surface area contributed by atoms with Crippen molar-refractivity contribution in [2.24, 2.45) is 5.92 Å². The molecule has 0 aromatic heterocycles. The van der Waals surface area contributed by atoms with Gasteiger partial charge in [-0.2, -0.15) is 0 Å². The quantitative estimate of drug-likeness (QED) is 0.858. The van der Waals surface area contributed by atoms with Crippen molar-refractivity contribution in [1.29, 1.82) is 0 Å². The van der Waals surface area contributed by atoms with Crippen LogP contribution in [-0.2, 0) is 0 Å². The van der Waals surface area contributed by atoms with Crippen molar-refractivity contribution >= 4 is 23.3 Å².